The fourth-order valence-electron chi connectivity index (χ4n) is 3.23. The van der Waals surface area contributed by atoms with Gasteiger partial charge in [-0.05, 0) is 58.4 Å². The molecule has 26 heavy (non-hydrogen) atoms. The van der Waals surface area contributed by atoms with Crippen molar-refractivity contribution in [1.82, 2.24) is 9.80 Å². The van der Waals surface area contributed by atoms with Gasteiger partial charge in [-0.25, -0.2) is 0 Å². The van der Waals surface area contributed by atoms with Crippen molar-refractivity contribution in [3.8, 4) is 0 Å². The van der Waals surface area contributed by atoms with Gasteiger partial charge in [0.05, 0.1) is 12.6 Å². The summed E-state index contributed by atoms with van der Waals surface area (Å²) >= 11 is 0. The zero-order chi connectivity index (χ0) is 18.9. The van der Waals surface area contributed by atoms with Crippen LogP contribution in [0.15, 0.2) is 24.3 Å². The molecule has 1 unspecified atom stereocenters. The summed E-state index contributed by atoms with van der Waals surface area (Å²) in [6.07, 6.45) is 3.60. The van der Waals surface area contributed by atoms with Gasteiger partial charge in [-0.15, -0.1) is 0 Å². The first-order chi connectivity index (χ1) is 12.5. The molecule has 2 rings (SSSR count). The quantitative estimate of drug-likeness (QED) is 0.773. The molecule has 6 nitrogen and oxygen atoms in total. The second-order valence-corrected chi connectivity index (χ2v) is 6.79. The molecule has 1 saturated heterocycles. The van der Waals surface area contributed by atoms with E-state index < -0.39 is 0 Å². The Morgan fingerprint density at radius 3 is 2.65 bits per heavy atom. The number of benzene rings is 1. The van der Waals surface area contributed by atoms with Gasteiger partial charge >= 0.3 is 0 Å². The highest BCUT2D eigenvalue weighted by atomic mass is 16.5. The number of hydrogen-bond acceptors (Lipinski definition) is 4. The Labute approximate surface area is 156 Å². The van der Waals surface area contributed by atoms with Gasteiger partial charge in [0, 0.05) is 37.5 Å². The summed E-state index contributed by atoms with van der Waals surface area (Å²) < 4.78 is 5.72. The van der Waals surface area contributed by atoms with E-state index in [4.69, 9.17) is 4.74 Å². The molecule has 144 valence electrons. The summed E-state index contributed by atoms with van der Waals surface area (Å²) in [6.45, 7) is 7.12. The summed E-state index contributed by atoms with van der Waals surface area (Å²) in [5.74, 6) is -0.103. The smallest absolute Gasteiger partial charge is 0.253 e. The number of anilines is 1. The molecule has 6 heteroatoms. The minimum absolute atomic E-state index is 0.0161. The van der Waals surface area contributed by atoms with Crippen LogP contribution in [0, 0.1) is 0 Å². The molecule has 0 radical (unpaired) electrons. The van der Waals surface area contributed by atoms with E-state index in [0.717, 1.165) is 26.0 Å². The summed E-state index contributed by atoms with van der Waals surface area (Å²) in [5, 5.41) is 2.89. The highest BCUT2D eigenvalue weighted by Crippen LogP contribution is 2.15. The van der Waals surface area contributed by atoms with Crippen molar-refractivity contribution < 1.29 is 14.3 Å². The van der Waals surface area contributed by atoms with Crippen molar-refractivity contribution in [3.63, 3.8) is 0 Å². The van der Waals surface area contributed by atoms with E-state index in [9.17, 15) is 9.59 Å². The molecule has 1 fully saturated rings. The van der Waals surface area contributed by atoms with E-state index in [1.54, 1.807) is 29.2 Å². The molecule has 0 aliphatic carbocycles. The van der Waals surface area contributed by atoms with E-state index in [-0.39, 0.29) is 17.9 Å². The normalized spacial score (nSPS) is 17.2. The third kappa shape index (κ3) is 6.11. The van der Waals surface area contributed by atoms with E-state index in [2.05, 4.69) is 5.32 Å². The first-order valence-electron chi connectivity index (χ1n) is 9.52. The summed E-state index contributed by atoms with van der Waals surface area (Å²) in [4.78, 5) is 28.5. The second-order valence-electron chi connectivity index (χ2n) is 6.79. The molecule has 1 aliphatic heterocycles. The Bertz CT molecular complexity index is 596. The van der Waals surface area contributed by atoms with Crippen molar-refractivity contribution >= 4 is 17.5 Å². The summed E-state index contributed by atoms with van der Waals surface area (Å²) in [5.41, 5.74) is 1.24. The van der Waals surface area contributed by atoms with Gasteiger partial charge in [0.25, 0.3) is 5.91 Å². The van der Waals surface area contributed by atoms with Crippen LogP contribution in [0.3, 0.4) is 0 Å². The van der Waals surface area contributed by atoms with Crippen LogP contribution in [-0.4, -0.2) is 67.6 Å². The Morgan fingerprint density at radius 1 is 1.23 bits per heavy atom. The first kappa shape index (κ1) is 20.4. The van der Waals surface area contributed by atoms with Crippen molar-refractivity contribution in [1.29, 1.82) is 0 Å². The van der Waals surface area contributed by atoms with Gasteiger partial charge in [-0.3, -0.25) is 14.5 Å². The molecule has 0 spiro atoms. The lowest BCUT2D eigenvalue weighted by Gasteiger charge is -2.27. The van der Waals surface area contributed by atoms with Crippen LogP contribution in [0.4, 0.5) is 5.69 Å². The van der Waals surface area contributed by atoms with Crippen LogP contribution in [0.5, 0.6) is 0 Å². The molecule has 0 saturated carbocycles. The lowest BCUT2D eigenvalue weighted by atomic mass is 10.1. The predicted molar refractivity (Wildman–Crippen MR) is 103 cm³/mol. The lowest BCUT2D eigenvalue weighted by Crippen LogP contribution is -2.37. The average Bonchev–Trinajstić information content (AvgIpc) is 2.63. The number of hydrogen-bond donors (Lipinski definition) is 1. The SMILES string of the molecule is CCN(CC)C(=O)c1cccc(NC(=O)CN(C)CC2CCCCO2)c1. The first-order valence-corrected chi connectivity index (χ1v) is 9.52. The molecule has 1 aromatic carbocycles. The van der Waals surface area contributed by atoms with E-state index in [1.165, 1.54) is 6.42 Å². The summed E-state index contributed by atoms with van der Waals surface area (Å²) in [6, 6.07) is 7.12. The van der Waals surface area contributed by atoms with Gasteiger partial charge in [0.2, 0.25) is 5.91 Å². The Hall–Kier alpha value is -1.92. The fourth-order valence-corrected chi connectivity index (χ4v) is 3.23. The predicted octanol–water partition coefficient (Wildman–Crippen LogP) is 2.61. The highest BCUT2D eigenvalue weighted by Gasteiger charge is 2.18. The van der Waals surface area contributed by atoms with Crippen LogP contribution in [-0.2, 0) is 9.53 Å². The molecule has 2 amide bonds. The molecule has 1 aliphatic rings. The third-order valence-electron chi connectivity index (χ3n) is 4.65. The van der Waals surface area contributed by atoms with Crippen LogP contribution in [0.25, 0.3) is 0 Å². The molecular formula is C20H31N3O3. The van der Waals surface area contributed by atoms with Crippen LogP contribution < -0.4 is 5.32 Å². The van der Waals surface area contributed by atoms with Crippen molar-refractivity contribution in [2.24, 2.45) is 0 Å². The maximum atomic E-state index is 12.4. The molecule has 0 bridgehead atoms. The van der Waals surface area contributed by atoms with E-state index in [1.807, 2.05) is 25.8 Å². The zero-order valence-electron chi connectivity index (χ0n) is 16.2. The minimum atomic E-state index is -0.0873. The van der Waals surface area contributed by atoms with E-state index >= 15 is 0 Å². The zero-order valence-corrected chi connectivity index (χ0v) is 16.2. The van der Waals surface area contributed by atoms with Gasteiger partial charge in [0.15, 0.2) is 0 Å². The molecule has 1 aromatic rings. The van der Waals surface area contributed by atoms with Crippen molar-refractivity contribution in [2.75, 3.05) is 45.2 Å². The van der Waals surface area contributed by atoms with Crippen LogP contribution in [0.1, 0.15) is 43.5 Å². The molecule has 1 atom stereocenters. The maximum absolute atomic E-state index is 12.4. The maximum Gasteiger partial charge on any atom is 0.253 e. The Morgan fingerprint density at radius 2 is 2.00 bits per heavy atom. The van der Waals surface area contributed by atoms with Crippen LogP contribution >= 0.6 is 0 Å². The number of ether oxygens (including phenoxy) is 1. The largest absolute Gasteiger partial charge is 0.377 e. The third-order valence-corrected chi connectivity index (χ3v) is 4.65. The number of nitrogens with zero attached hydrogens (tertiary/aromatic N) is 2. The number of likely N-dealkylation sites (N-methyl/N-ethyl adjacent to an activating group) is 1. The van der Waals surface area contributed by atoms with Gasteiger partial charge in [-0.2, -0.15) is 0 Å². The Kier molecular flexibility index (Phi) is 8.06. The number of nitrogens with one attached hydrogen (secondary N) is 1. The number of rotatable bonds is 8. The van der Waals surface area contributed by atoms with Gasteiger partial charge in [-0.1, -0.05) is 6.07 Å². The molecule has 0 aromatic heterocycles. The Balaban J connectivity index is 1.88. The van der Waals surface area contributed by atoms with Crippen molar-refractivity contribution in [3.05, 3.63) is 29.8 Å². The fraction of sp³-hybridized carbons (Fsp3) is 0.600. The monoisotopic (exact) mass is 361 g/mol. The second kappa shape index (κ2) is 10.3. The molecule has 1 heterocycles. The number of carbonyl (C=O) groups excluding carboxylic acids is 2. The number of carbonyl (C=O) groups is 2. The van der Waals surface area contributed by atoms with Gasteiger partial charge in [0.1, 0.15) is 0 Å². The lowest BCUT2D eigenvalue weighted by molar-refractivity contribution is -0.117. The molecular weight excluding hydrogens is 330 g/mol. The topological polar surface area (TPSA) is 61.9 Å². The van der Waals surface area contributed by atoms with E-state index in [0.29, 0.717) is 30.9 Å². The minimum Gasteiger partial charge on any atom is -0.377 e. The standard InChI is InChI=1S/C20H31N3O3/c1-4-23(5-2)20(25)16-9-8-10-17(13-16)21-19(24)15-22(3)14-18-11-6-7-12-26-18/h8-10,13,18H,4-7,11-12,14-15H2,1-3H3,(H,21,24). The summed E-state index contributed by atoms with van der Waals surface area (Å²) in [7, 11) is 1.93. The van der Waals surface area contributed by atoms with Crippen molar-refractivity contribution in [2.45, 2.75) is 39.2 Å². The van der Waals surface area contributed by atoms with Gasteiger partial charge < -0.3 is 15.0 Å². The molecule has 1 N–H and O–H groups in total. The number of amides is 2. The average molecular weight is 361 g/mol. The highest BCUT2D eigenvalue weighted by molar-refractivity contribution is 5.97. The van der Waals surface area contributed by atoms with Crippen LogP contribution in [0.2, 0.25) is 0 Å².